The number of hydrogen-bond donors (Lipinski definition) is 1. The van der Waals surface area contributed by atoms with Gasteiger partial charge in [0.1, 0.15) is 0 Å². The van der Waals surface area contributed by atoms with Crippen molar-refractivity contribution in [1.82, 2.24) is 5.32 Å². The monoisotopic (exact) mass is 350 g/mol. The molecular formula is C20H18N2O4. The van der Waals surface area contributed by atoms with E-state index >= 15 is 0 Å². The molecule has 1 N–H and O–H groups in total. The fourth-order valence-corrected chi connectivity index (χ4v) is 2.21. The Hall–Kier alpha value is -3.59. The van der Waals surface area contributed by atoms with Gasteiger partial charge < -0.3 is 15.0 Å². The maximum atomic E-state index is 12.8. The van der Waals surface area contributed by atoms with E-state index in [-0.39, 0.29) is 23.6 Å². The minimum Gasteiger partial charge on any atom is -0.452 e. The molecule has 2 aromatic rings. The van der Waals surface area contributed by atoms with E-state index in [0.29, 0.717) is 5.69 Å². The summed E-state index contributed by atoms with van der Waals surface area (Å²) in [5.74, 6) is 0.616. The Labute approximate surface area is 151 Å². The lowest BCUT2D eigenvalue weighted by molar-refractivity contribution is -0.123. The predicted octanol–water partition coefficient (Wildman–Crippen LogP) is 1.87. The molecular weight excluding hydrogens is 332 g/mol. The number of carbonyl (C=O) groups excluding carboxylic acids is 3. The smallest absolute Gasteiger partial charge is 0.339 e. The topological polar surface area (TPSA) is 75.7 Å². The van der Waals surface area contributed by atoms with Gasteiger partial charge in [-0.05, 0) is 24.3 Å². The predicted molar refractivity (Wildman–Crippen MR) is 97.7 cm³/mol. The van der Waals surface area contributed by atoms with Gasteiger partial charge in [-0.25, -0.2) is 4.79 Å². The molecule has 0 saturated carbocycles. The molecule has 0 unspecified atom stereocenters. The van der Waals surface area contributed by atoms with Crippen molar-refractivity contribution >= 4 is 23.5 Å². The van der Waals surface area contributed by atoms with E-state index in [1.54, 1.807) is 31.3 Å². The van der Waals surface area contributed by atoms with Crippen LogP contribution in [0.25, 0.3) is 0 Å². The fraction of sp³-hybridized carbons (Fsp3) is 0.150. The molecule has 0 spiro atoms. The second-order valence-corrected chi connectivity index (χ2v) is 5.30. The van der Waals surface area contributed by atoms with Crippen LogP contribution in [0.1, 0.15) is 20.7 Å². The van der Waals surface area contributed by atoms with Gasteiger partial charge in [0.25, 0.3) is 11.8 Å². The zero-order valence-electron chi connectivity index (χ0n) is 14.3. The Morgan fingerprint density at radius 1 is 1.04 bits per heavy atom. The fourth-order valence-electron chi connectivity index (χ4n) is 2.21. The van der Waals surface area contributed by atoms with Crippen LogP contribution in [0.3, 0.4) is 0 Å². The van der Waals surface area contributed by atoms with Crippen LogP contribution in [0.15, 0.2) is 54.6 Å². The van der Waals surface area contributed by atoms with Crippen LogP contribution in [0.2, 0.25) is 0 Å². The van der Waals surface area contributed by atoms with Gasteiger partial charge in [0.15, 0.2) is 6.61 Å². The molecule has 6 heteroatoms. The summed E-state index contributed by atoms with van der Waals surface area (Å²) in [6.45, 7) is -0.426. The first-order chi connectivity index (χ1) is 12.5. The van der Waals surface area contributed by atoms with Crippen molar-refractivity contribution in [2.75, 3.05) is 25.1 Å². The number of benzene rings is 2. The van der Waals surface area contributed by atoms with Crippen LogP contribution in [-0.4, -0.2) is 38.0 Å². The van der Waals surface area contributed by atoms with Crippen LogP contribution in [0, 0.1) is 12.3 Å². The van der Waals surface area contributed by atoms with Gasteiger partial charge in [0.05, 0.1) is 17.7 Å². The lowest BCUT2D eigenvalue weighted by atomic mass is 10.1. The largest absolute Gasteiger partial charge is 0.452 e. The molecule has 0 aliphatic carbocycles. The van der Waals surface area contributed by atoms with Gasteiger partial charge in [0.2, 0.25) is 0 Å². The van der Waals surface area contributed by atoms with E-state index in [1.165, 1.54) is 17.0 Å². The molecule has 132 valence electrons. The Bertz CT molecular complexity index is 840. The summed E-state index contributed by atoms with van der Waals surface area (Å²) in [5, 5.41) is 2.39. The second-order valence-electron chi connectivity index (χ2n) is 5.30. The van der Waals surface area contributed by atoms with Crippen molar-refractivity contribution in [2.24, 2.45) is 0 Å². The van der Waals surface area contributed by atoms with E-state index < -0.39 is 18.5 Å². The Morgan fingerprint density at radius 3 is 2.31 bits per heavy atom. The van der Waals surface area contributed by atoms with Crippen molar-refractivity contribution in [3.05, 3.63) is 65.7 Å². The number of esters is 1. The van der Waals surface area contributed by atoms with Crippen LogP contribution in [-0.2, 0) is 9.53 Å². The molecule has 2 amide bonds. The molecule has 2 aromatic carbocycles. The average molecular weight is 350 g/mol. The molecule has 0 radical (unpaired) electrons. The highest BCUT2D eigenvalue weighted by Gasteiger charge is 2.21. The van der Waals surface area contributed by atoms with Gasteiger partial charge in [-0.2, -0.15) is 0 Å². The normalized spacial score (nSPS) is 9.69. The third-order valence-corrected chi connectivity index (χ3v) is 3.55. The number of ether oxygens (including phenoxy) is 1. The lowest BCUT2D eigenvalue weighted by Crippen LogP contribution is -2.30. The average Bonchev–Trinajstić information content (AvgIpc) is 2.69. The molecule has 0 aromatic heterocycles. The summed E-state index contributed by atoms with van der Waals surface area (Å²) < 4.78 is 4.97. The Kier molecular flexibility index (Phi) is 6.52. The highest BCUT2D eigenvalue weighted by molar-refractivity contribution is 6.12. The van der Waals surface area contributed by atoms with E-state index in [2.05, 4.69) is 11.2 Å². The summed E-state index contributed by atoms with van der Waals surface area (Å²) in [7, 11) is 1.62. The maximum Gasteiger partial charge on any atom is 0.339 e. The zero-order valence-corrected chi connectivity index (χ0v) is 14.3. The lowest BCUT2D eigenvalue weighted by Gasteiger charge is -2.18. The highest BCUT2D eigenvalue weighted by Crippen LogP contribution is 2.18. The minimum atomic E-state index is -0.758. The van der Waals surface area contributed by atoms with Crippen LogP contribution >= 0.6 is 0 Å². The third kappa shape index (κ3) is 4.71. The third-order valence-electron chi connectivity index (χ3n) is 3.55. The van der Waals surface area contributed by atoms with Crippen molar-refractivity contribution in [3.63, 3.8) is 0 Å². The number of amides is 2. The number of carbonyl (C=O) groups is 3. The van der Waals surface area contributed by atoms with E-state index in [0.717, 1.165) is 0 Å². The summed E-state index contributed by atoms with van der Waals surface area (Å²) in [6.07, 6.45) is 5.04. The van der Waals surface area contributed by atoms with Crippen LogP contribution in [0.5, 0.6) is 0 Å². The van der Waals surface area contributed by atoms with E-state index in [9.17, 15) is 14.4 Å². The van der Waals surface area contributed by atoms with Gasteiger partial charge in [0, 0.05) is 12.7 Å². The first-order valence-corrected chi connectivity index (χ1v) is 7.84. The standard InChI is InChI=1S/C20H18N2O4/c1-3-13-21-18(23)14-26-20(25)17-12-8-7-11-16(17)19(24)22(2)15-9-5-4-6-10-15/h1,4-12H,13-14H2,2H3,(H,21,23). The molecule has 2 rings (SSSR count). The highest BCUT2D eigenvalue weighted by atomic mass is 16.5. The van der Waals surface area contributed by atoms with Crippen LogP contribution in [0.4, 0.5) is 5.69 Å². The SMILES string of the molecule is C#CCNC(=O)COC(=O)c1ccccc1C(=O)N(C)c1ccccc1. The molecule has 6 nitrogen and oxygen atoms in total. The van der Waals surface area contributed by atoms with Crippen LogP contribution < -0.4 is 10.2 Å². The Balaban J connectivity index is 2.14. The van der Waals surface area contributed by atoms with Crippen molar-refractivity contribution in [2.45, 2.75) is 0 Å². The number of nitrogens with one attached hydrogen (secondary N) is 1. The summed E-state index contributed by atoms with van der Waals surface area (Å²) in [5.41, 5.74) is 0.965. The first kappa shape index (κ1) is 18.7. The molecule has 0 aliphatic heterocycles. The van der Waals surface area contributed by atoms with E-state index in [4.69, 9.17) is 11.2 Å². The molecule has 0 heterocycles. The molecule has 26 heavy (non-hydrogen) atoms. The van der Waals surface area contributed by atoms with Crippen molar-refractivity contribution in [1.29, 1.82) is 0 Å². The number of rotatable bonds is 6. The molecule has 0 atom stereocenters. The number of hydrogen-bond acceptors (Lipinski definition) is 4. The summed E-state index contributed by atoms with van der Waals surface area (Å²) in [4.78, 5) is 38.0. The van der Waals surface area contributed by atoms with Gasteiger partial charge in [-0.15, -0.1) is 6.42 Å². The number of para-hydroxylation sites is 1. The number of terminal acetylenes is 1. The van der Waals surface area contributed by atoms with E-state index in [1.807, 2.05) is 18.2 Å². The number of anilines is 1. The first-order valence-electron chi connectivity index (χ1n) is 7.84. The maximum absolute atomic E-state index is 12.8. The molecule has 0 saturated heterocycles. The van der Waals surface area contributed by atoms with Gasteiger partial charge >= 0.3 is 5.97 Å². The van der Waals surface area contributed by atoms with Crippen molar-refractivity contribution < 1.29 is 19.1 Å². The molecule has 0 fully saturated rings. The second kappa shape index (κ2) is 9.04. The molecule has 0 bridgehead atoms. The zero-order chi connectivity index (χ0) is 18.9. The van der Waals surface area contributed by atoms with Gasteiger partial charge in [-0.1, -0.05) is 36.3 Å². The van der Waals surface area contributed by atoms with Gasteiger partial charge in [-0.3, -0.25) is 9.59 Å². The Morgan fingerprint density at radius 2 is 1.65 bits per heavy atom. The number of nitrogens with zero attached hydrogens (tertiary/aromatic N) is 1. The quantitative estimate of drug-likeness (QED) is 0.637. The van der Waals surface area contributed by atoms with Crippen molar-refractivity contribution in [3.8, 4) is 12.3 Å². The summed E-state index contributed by atoms with van der Waals surface area (Å²) in [6, 6.07) is 15.3. The summed E-state index contributed by atoms with van der Waals surface area (Å²) >= 11 is 0. The molecule has 0 aliphatic rings. The minimum absolute atomic E-state index is 0.0489.